The zero-order valence-corrected chi connectivity index (χ0v) is 11.0. The highest BCUT2D eigenvalue weighted by atomic mass is 35.5. The minimum absolute atomic E-state index is 0.0828. The largest absolute Gasteiger partial charge is 0.345 e. The molecule has 2 aromatic heterocycles. The summed E-state index contributed by atoms with van der Waals surface area (Å²) in [6.45, 7) is 1.85. The first-order valence-electron chi connectivity index (χ1n) is 5.19. The van der Waals surface area contributed by atoms with Crippen LogP contribution in [0.25, 0.3) is 0 Å². The molecule has 7 heteroatoms. The molecule has 18 heavy (non-hydrogen) atoms. The van der Waals surface area contributed by atoms with E-state index in [0.29, 0.717) is 0 Å². The number of aromatic amines is 1. The lowest BCUT2D eigenvalue weighted by Gasteiger charge is -2.12. The highest BCUT2D eigenvalue weighted by molar-refractivity contribution is 6.34. The molecule has 0 aliphatic carbocycles. The van der Waals surface area contributed by atoms with Gasteiger partial charge in [-0.2, -0.15) is 5.10 Å². The molecule has 0 aromatic carbocycles. The van der Waals surface area contributed by atoms with Crippen molar-refractivity contribution in [1.82, 2.24) is 20.5 Å². The van der Waals surface area contributed by atoms with Gasteiger partial charge in [0.1, 0.15) is 10.3 Å². The minimum Gasteiger partial charge on any atom is -0.345 e. The van der Waals surface area contributed by atoms with E-state index in [-0.39, 0.29) is 27.8 Å². The summed E-state index contributed by atoms with van der Waals surface area (Å²) in [5.41, 5.74) is 1.16. The fraction of sp³-hybridized carbons (Fsp3) is 0.182. The third kappa shape index (κ3) is 2.80. The summed E-state index contributed by atoms with van der Waals surface area (Å²) in [5, 5.41) is 9.63. The number of hydrogen-bond donors (Lipinski definition) is 2. The van der Waals surface area contributed by atoms with E-state index in [4.69, 9.17) is 23.2 Å². The average molecular weight is 285 g/mol. The number of hydrogen-bond acceptors (Lipinski definition) is 3. The van der Waals surface area contributed by atoms with Gasteiger partial charge in [-0.3, -0.25) is 9.89 Å². The first kappa shape index (κ1) is 12.9. The van der Waals surface area contributed by atoms with E-state index in [1.165, 1.54) is 12.1 Å². The molecule has 0 spiro atoms. The highest BCUT2D eigenvalue weighted by Gasteiger charge is 2.15. The molecule has 0 fully saturated rings. The van der Waals surface area contributed by atoms with Crippen LogP contribution in [0.15, 0.2) is 24.5 Å². The summed E-state index contributed by atoms with van der Waals surface area (Å²) in [6, 6.07) is 2.88. The number of carbonyl (C=O) groups excluding carboxylic acids is 1. The maximum Gasteiger partial charge on any atom is 0.254 e. The van der Waals surface area contributed by atoms with Crippen LogP contribution in [0, 0.1) is 0 Å². The van der Waals surface area contributed by atoms with Crippen molar-refractivity contribution in [1.29, 1.82) is 0 Å². The molecule has 1 amide bonds. The van der Waals surface area contributed by atoms with Gasteiger partial charge in [-0.15, -0.1) is 0 Å². The standard InChI is InChI=1S/C11H10Cl2N4O/c1-6(7-4-14-15-5-7)16-11(18)8-2-3-9(12)17-10(8)13/h2-6H,1H3,(H,14,15)(H,16,18). The molecule has 1 unspecified atom stereocenters. The number of amides is 1. The molecule has 5 nitrogen and oxygen atoms in total. The Balaban J connectivity index is 2.12. The summed E-state index contributed by atoms with van der Waals surface area (Å²) in [4.78, 5) is 15.8. The quantitative estimate of drug-likeness (QED) is 0.851. The molecule has 2 aromatic rings. The van der Waals surface area contributed by atoms with E-state index in [1.807, 2.05) is 6.92 Å². The molecule has 0 saturated heterocycles. The van der Waals surface area contributed by atoms with Gasteiger partial charge in [-0.1, -0.05) is 23.2 Å². The van der Waals surface area contributed by atoms with Crippen molar-refractivity contribution in [2.24, 2.45) is 0 Å². The highest BCUT2D eigenvalue weighted by Crippen LogP contribution is 2.18. The fourth-order valence-corrected chi connectivity index (χ4v) is 1.87. The lowest BCUT2D eigenvalue weighted by atomic mass is 10.2. The second-order valence-corrected chi connectivity index (χ2v) is 4.44. The van der Waals surface area contributed by atoms with Gasteiger partial charge in [0.25, 0.3) is 5.91 Å². The summed E-state index contributed by atoms with van der Waals surface area (Å²) < 4.78 is 0. The zero-order valence-electron chi connectivity index (χ0n) is 9.45. The van der Waals surface area contributed by atoms with Crippen LogP contribution < -0.4 is 5.32 Å². The third-order valence-electron chi connectivity index (χ3n) is 2.43. The molecule has 0 saturated carbocycles. The molecule has 0 aliphatic heterocycles. The Bertz CT molecular complexity index is 556. The molecule has 0 radical (unpaired) electrons. The van der Waals surface area contributed by atoms with Crippen molar-refractivity contribution in [2.45, 2.75) is 13.0 Å². The van der Waals surface area contributed by atoms with Crippen LogP contribution in [0.4, 0.5) is 0 Å². The van der Waals surface area contributed by atoms with Gasteiger partial charge in [0.15, 0.2) is 0 Å². The number of halogens is 2. The number of H-pyrrole nitrogens is 1. The summed E-state index contributed by atoms with van der Waals surface area (Å²) >= 11 is 11.5. The van der Waals surface area contributed by atoms with Gasteiger partial charge >= 0.3 is 0 Å². The van der Waals surface area contributed by atoms with E-state index >= 15 is 0 Å². The van der Waals surface area contributed by atoms with Crippen molar-refractivity contribution in [3.05, 3.63) is 46.0 Å². The number of nitrogens with zero attached hydrogens (tertiary/aromatic N) is 2. The molecule has 1 atom stereocenters. The zero-order chi connectivity index (χ0) is 13.1. The molecule has 0 aliphatic rings. The van der Waals surface area contributed by atoms with Crippen LogP contribution in [0.5, 0.6) is 0 Å². The van der Waals surface area contributed by atoms with E-state index in [0.717, 1.165) is 5.56 Å². The van der Waals surface area contributed by atoms with Crippen molar-refractivity contribution in [3.63, 3.8) is 0 Å². The Morgan fingerprint density at radius 2 is 2.22 bits per heavy atom. The van der Waals surface area contributed by atoms with Crippen molar-refractivity contribution < 1.29 is 4.79 Å². The van der Waals surface area contributed by atoms with Gasteiger partial charge in [-0.25, -0.2) is 4.98 Å². The van der Waals surface area contributed by atoms with Crippen molar-refractivity contribution in [3.8, 4) is 0 Å². The number of pyridine rings is 1. The number of nitrogens with one attached hydrogen (secondary N) is 2. The minimum atomic E-state index is -0.308. The van der Waals surface area contributed by atoms with Crippen LogP contribution in [0.3, 0.4) is 0 Å². The van der Waals surface area contributed by atoms with Gasteiger partial charge in [-0.05, 0) is 19.1 Å². The molecule has 2 heterocycles. The van der Waals surface area contributed by atoms with E-state index in [1.54, 1.807) is 12.4 Å². The SMILES string of the molecule is CC(NC(=O)c1ccc(Cl)nc1Cl)c1cn[nH]c1. The van der Waals surface area contributed by atoms with Crippen molar-refractivity contribution in [2.75, 3.05) is 0 Å². The Morgan fingerprint density at radius 1 is 1.44 bits per heavy atom. The topological polar surface area (TPSA) is 70.7 Å². The van der Waals surface area contributed by atoms with Crippen LogP contribution in [0.2, 0.25) is 10.3 Å². The van der Waals surface area contributed by atoms with E-state index in [9.17, 15) is 4.79 Å². The normalized spacial score (nSPS) is 12.2. The smallest absolute Gasteiger partial charge is 0.254 e. The molecular weight excluding hydrogens is 275 g/mol. The van der Waals surface area contributed by atoms with Crippen molar-refractivity contribution >= 4 is 29.1 Å². The van der Waals surface area contributed by atoms with Gasteiger partial charge in [0.05, 0.1) is 17.8 Å². The molecule has 2 rings (SSSR count). The summed E-state index contributed by atoms with van der Waals surface area (Å²) in [6.07, 6.45) is 3.36. The maximum atomic E-state index is 12.0. The first-order valence-corrected chi connectivity index (χ1v) is 5.95. The Kier molecular flexibility index (Phi) is 3.84. The Morgan fingerprint density at radius 3 is 2.83 bits per heavy atom. The van der Waals surface area contributed by atoms with Crippen LogP contribution in [-0.2, 0) is 0 Å². The Hall–Kier alpha value is -1.59. The Labute approximate surface area is 114 Å². The number of carbonyl (C=O) groups is 1. The van der Waals surface area contributed by atoms with Gasteiger partial charge in [0, 0.05) is 11.8 Å². The first-order chi connectivity index (χ1) is 8.58. The third-order valence-corrected chi connectivity index (χ3v) is 2.92. The second-order valence-electron chi connectivity index (χ2n) is 3.70. The summed E-state index contributed by atoms with van der Waals surface area (Å²) in [7, 11) is 0. The molecule has 94 valence electrons. The van der Waals surface area contributed by atoms with Gasteiger partial charge < -0.3 is 5.32 Å². The van der Waals surface area contributed by atoms with E-state index < -0.39 is 0 Å². The second kappa shape index (κ2) is 5.37. The van der Waals surface area contributed by atoms with Crippen LogP contribution in [0.1, 0.15) is 28.9 Å². The predicted molar refractivity (Wildman–Crippen MR) is 68.7 cm³/mol. The average Bonchev–Trinajstić information content (AvgIpc) is 2.81. The molecular formula is C11H10Cl2N4O. The van der Waals surface area contributed by atoms with Crippen LogP contribution in [-0.4, -0.2) is 21.1 Å². The molecule has 0 bridgehead atoms. The maximum absolute atomic E-state index is 12.0. The lowest BCUT2D eigenvalue weighted by molar-refractivity contribution is 0.0939. The number of aromatic nitrogens is 3. The summed E-state index contributed by atoms with van der Waals surface area (Å²) in [5.74, 6) is -0.308. The lowest BCUT2D eigenvalue weighted by Crippen LogP contribution is -2.26. The predicted octanol–water partition coefficient (Wildman–Crippen LogP) is 2.60. The van der Waals surface area contributed by atoms with Gasteiger partial charge in [0.2, 0.25) is 0 Å². The monoisotopic (exact) mass is 284 g/mol. The van der Waals surface area contributed by atoms with Crippen LogP contribution >= 0.6 is 23.2 Å². The molecule has 2 N–H and O–H groups in total. The van der Waals surface area contributed by atoms with E-state index in [2.05, 4.69) is 20.5 Å². The number of rotatable bonds is 3. The fourth-order valence-electron chi connectivity index (χ4n) is 1.44.